The van der Waals surface area contributed by atoms with Gasteiger partial charge >= 0.3 is 6.16 Å². The summed E-state index contributed by atoms with van der Waals surface area (Å²) in [4.78, 5) is 14.8. The van der Waals surface area contributed by atoms with Crippen LogP contribution in [0.2, 0.25) is 10.0 Å². The van der Waals surface area contributed by atoms with Gasteiger partial charge in [-0.05, 0) is 18.2 Å². The predicted octanol–water partition coefficient (Wildman–Crippen LogP) is 4.17. The van der Waals surface area contributed by atoms with Crippen molar-refractivity contribution in [2.75, 3.05) is 0 Å². The summed E-state index contributed by atoms with van der Waals surface area (Å²) in [6.07, 6.45) is -1.42. The highest BCUT2D eigenvalue weighted by Gasteiger charge is 2.16. The third kappa shape index (κ3) is 2.69. The van der Waals surface area contributed by atoms with E-state index in [-0.39, 0.29) is 5.88 Å². The lowest BCUT2D eigenvalue weighted by Crippen LogP contribution is -2.03. The van der Waals surface area contributed by atoms with Crippen LogP contribution in [-0.4, -0.2) is 16.2 Å². The Morgan fingerprint density at radius 1 is 1.41 bits per heavy atom. The average molecular weight is 290 g/mol. The maximum Gasteiger partial charge on any atom is 0.512 e. The molecular weight excluding hydrogens is 285 g/mol. The summed E-state index contributed by atoms with van der Waals surface area (Å²) in [6, 6.07) is 4.90. The quantitative estimate of drug-likeness (QED) is 0.843. The minimum Gasteiger partial charge on any atom is -0.449 e. The van der Waals surface area contributed by atoms with Crippen LogP contribution in [0, 0.1) is 0 Å². The van der Waals surface area contributed by atoms with Crippen LogP contribution in [0.3, 0.4) is 0 Å². The third-order valence-corrected chi connectivity index (χ3v) is 3.30. The highest BCUT2D eigenvalue weighted by atomic mass is 35.5. The van der Waals surface area contributed by atoms with E-state index in [1.54, 1.807) is 18.2 Å². The van der Waals surface area contributed by atoms with Crippen LogP contribution >= 0.6 is 34.5 Å². The van der Waals surface area contributed by atoms with Gasteiger partial charge in [0.05, 0.1) is 5.51 Å². The summed E-state index contributed by atoms with van der Waals surface area (Å²) in [6.45, 7) is 0. The molecule has 4 nitrogen and oxygen atoms in total. The molecule has 0 spiro atoms. The zero-order chi connectivity index (χ0) is 12.4. The Morgan fingerprint density at radius 2 is 2.18 bits per heavy atom. The molecular formula is C10H5Cl2NO3S. The zero-order valence-electron chi connectivity index (χ0n) is 8.18. The molecule has 2 rings (SSSR count). The van der Waals surface area contributed by atoms with Gasteiger partial charge in [0.25, 0.3) is 0 Å². The van der Waals surface area contributed by atoms with Crippen molar-refractivity contribution in [2.45, 2.75) is 0 Å². The predicted molar refractivity (Wildman–Crippen MR) is 66.2 cm³/mol. The topological polar surface area (TPSA) is 59.4 Å². The molecule has 0 bridgehead atoms. The van der Waals surface area contributed by atoms with Gasteiger partial charge in [0.1, 0.15) is 4.88 Å². The molecule has 1 aromatic heterocycles. The van der Waals surface area contributed by atoms with Crippen molar-refractivity contribution in [3.05, 3.63) is 33.8 Å². The number of benzene rings is 1. The summed E-state index contributed by atoms with van der Waals surface area (Å²) >= 11 is 13.1. The van der Waals surface area contributed by atoms with Crippen molar-refractivity contribution in [2.24, 2.45) is 0 Å². The first kappa shape index (κ1) is 12.2. The molecule has 0 unspecified atom stereocenters. The monoisotopic (exact) mass is 289 g/mol. The first-order valence-corrected chi connectivity index (χ1v) is 6.01. The Hall–Kier alpha value is -1.30. The second kappa shape index (κ2) is 4.91. The van der Waals surface area contributed by atoms with Crippen LogP contribution in [-0.2, 0) is 0 Å². The number of hydrogen-bond acceptors (Lipinski definition) is 4. The van der Waals surface area contributed by atoms with Crippen molar-refractivity contribution in [3.63, 3.8) is 0 Å². The van der Waals surface area contributed by atoms with E-state index in [1.165, 1.54) is 16.8 Å². The fraction of sp³-hybridized carbons (Fsp3) is 0. The van der Waals surface area contributed by atoms with Gasteiger partial charge in [-0.2, -0.15) is 0 Å². The van der Waals surface area contributed by atoms with Crippen molar-refractivity contribution in [3.8, 4) is 16.3 Å². The fourth-order valence-electron chi connectivity index (χ4n) is 1.24. The van der Waals surface area contributed by atoms with E-state index < -0.39 is 6.16 Å². The second-order valence-corrected chi connectivity index (χ2v) is 4.68. The second-order valence-electron chi connectivity index (χ2n) is 2.98. The molecule has 0 amide bonds. The van der Waals surface area contributed by atoms with Crippen LogP contribution in [0.4, 0.5) is 4.79 Å². The van der Waals surface area contributed by atoms with E-state index in [0.717, 1.165) is 0 Å². The minimum atomic E-state index is -1.42. The number of aromatic nitrogens is 1. The zero-order valence-corrected chi connectivity index (χ0v) is 10.5. The number of thiazole rings is 1. The lowest BCUT2D eigenvalue weighted by atomic mass is 10.2. The number of halogens is 2. The Morgan fingerprint density at radius 3 is 2.88 bits per heavy atom. The summed E-state index contributed by atoms with van der Waals surface area (Å²) in [5.74, 6) is 0.00617. The number of nitrogens with zero attached hydrogens (tertiary/aromatic N) is 1. The van der Waals surface area contributed by atoms with Crippen LogP contribution in [0.5, 0.6) is 5.88 Å². The Bertz CT molecular complexity index is 570. The molecule has 2 aromatic rings. The van der Waals surface area contributed by atoms with Crippen LogP contribution in [0.15, 0.2) is 23.7 Å². The molecule has 0 saturated carbocycles. The Labute approximate surface area is 110 Å². The Kier molecular flexibility index (Phi) is 3.51. The van der Waals surface area contributed by atoms with Crippen molar-refractivity contribution < 1.29 is 14.6 Å². The molecule has 0 fully saturated rings. The Balaban J connectivity index is 2.49. The molecule has 17 heavy (non-hydrogen) atoms. The van der Waals surface area contributed by atoms with Crippen LogP contribution in [0.25, 0.3) is 10.4 Å². The molecule has 0 atom stereocenters. The summed E-state index contributed by atoms with van der Waals surface area (Å²) in [5.41, 5.74) is 2.07. The fourth-order valence-corrected chi connectivity index (χ4v) is 2.43. The number of rotatable bonds is 2. The number of carbonyl (C=O) groups is 1. The summed E-state index contributed by atoms with van der Waals surface area (Å²) in [5, 5.41) is 9.52. The average Bonchev–Trinajstić information content (AvgIpc) is 2.69. The summed E-state index contributed by atoms with van der Waals surface area (Å²) < 4.78 is 4.55. The van der Waals surface area contributed by atoms with Crippen molar-refractivity contribution in [1.82, 2.24) is 4.98 Å². The molecule has 1 aromatic carbocycles. The lowest BCUT2D eigenvalue weighted by Gasteiger charge is -2.04. The van der Waals surface area contributed by atoms with E-state index in [0.29, 0.717) is 20.5 Å². The van der Waals surface area contributed by atoms with Gasteiger partial charge in [-0.25, -0.2) is 9.78 Å². The normalized spacial score (nSPS) is 10.2. The highest BCUT2D eigenvalue weighted by molar-refractivity contribution is 7.13. The molecule has 1 N–H and O–H groups in total. The number of ether oxygens (including phenoxy) is 1. The van der Waals surface area contributed by atoms with E-state index in [1.807, 2.05) is 0 Å². The summed E-state index contributed by atoms with van der Waals surface area (Å²) in [7, 11) is 0. The molecule has 0 aliphatic carbocycles. The molecule has 88 valence electrons. The maximum absolute atomic E-state index is 10.5. The molecule has 0 saturated heterocycles. The smallest absolute Gasteiger partial charge is 0.449 e. The van der Waals surface area contributed by atoms with Crippen molar-refractivity contribution in [1.29, 1.82) is 0 Å². The van der Waals surface area contributed by atoms with Crippen LogP contribution in [0.1, 0.15) is 0 Å². The molecule has 0 aliphatic heterocycles. The first-order valence-electron chi connectivity index (χ1n) is 4.37. The minimum absolute atomic E-state index is 0.00617. The third-order valence-electron chi connectivity index (χ3n) is 1.89. The largest absolute Gasteiger partial charge is 0.512 e. The standard InChI is InChI=1S/C10H5Cl2NO3S/c11-5-1-2-7(12)6(3-5)8-9(13-4-17-8)16-10(14)15/h1-4H,(H,14,15). The molecule has 0 aliphatic rings. The van der Waals surface area contributed by atoms with Gasteiger partial charge in [-0.1, -0.05) is 23.2 Å². The van der Waals surface area contributed by atoms with Crippen LogP contribution < -0.4 is 4.74 Å². The molecule has 7 heteroatoms. The molecule has 0 radical (unpaired) electrons. The molecule has 1 heterocycles. The maximum atomic E-state index is 10.5. The number of carboxylic acid groups (broad SMARTS) is 1. The van der Waals surface area contributed by atoms with Gasteiger partial charge in [-0.15, -0.1) is 11.3 Å². The van der Waals surface area contributed by atoms with E-state index in [9.17, 15) is 4.79 Å². The lowest BCUT2D eigenvalue weighted by molar-refractivity contribution is 0.143. The SMILES string of the molecule is O=C(O)Oc1ncsc1-c1cc(Cl)ccc1Cl. The van der Waals surface area contributed by atoms with Gasteiger partial charge in [-0.3, -0.25) is 0 Å². The van der Waals surface area contributed by atoms with E-state index in [4.69, 9.17) is 28.3 Å². The number of hydrogen-bond donors (Lipinski definition) is 1. The van der Waals surface area contributed by atoms with Gasteiger partial charge in [0.2, 0.25) is 5.88 Å². The van der Waals surface area contributed by atoms with Gasteiger partial charge < -0.3 is 9.84 Å². The van der Waals surface area contributed by atoms with Crippen molar-refractivity contribution >= 4 is 40.7 Å². The van der Waals surface area contributed by atoms with E-state index >= 15 is 0 Å². The van der Waals surface area contributed by atoms with Gasteiger partial charge in [0, 0.05) is 15.6 Å². The first-order chi connectivity index (χ1) is 8.08. The highest BCUT2D eigenvalue weighted by Crippen LogP contribution is 2.38. The van der Waals surface area contributed by atoms with E-state index in [2.05, 4.69) is 9.72 Å². The van der Waals surface area contributed by atoms with Gasteiger partial charge in [0.15, 0.2) is 0 Å².